The molecule has 4 aliphatic rings. The summed E-state index contributed by atoms with van der Waals surface area (Å²) in [5.41, 5.74) is 5.62. The molecule has 1 aromatic heterocycles. The first-order chi connectivity index (χ1) is 16.4. The third kappa shape index (κ3) is 4.78. The number of hydrogen-bond donors (Lipinski definition) is 0. The van der Waals surface area contributed by atoms with Gasteiger partial charge in [-0.2, -0.15) is 0 Å². The Hall–Kier alpha value is -0.220. The highest BCUT2D eigenvalue weighted by Gasteiger charge is 2.41. The molecule has 6 rings (SSSR count). The minimum Gasteiger partial charge on any atom is -0.142 e. The van der Waals surface area contributed by atoms with Gasteiger partial charge >= 0.3 is 0 Å². The summed E-state index contributed by atoms with van der Waals surface area (Å²) < 4.78 is 0. The minimum atomic E-state index is -0.0208. The van der Waals surface area contributed by atoms with Crippen LogP contribution in [0.3, 0.4) is 0 Å². The van der Waals surface area contributed by atoms with Crippen molar-refractivity contribution in [2.24, 2.45) is 0 Å². The molecule has 0 nitrogen and oxygen atoms in total. The largest absolute Gasteiger partial charge is 0.142 e. The first-order valence-corrected chi connectivity index (χ1v) is 18.0. The normalized spacial score (nSPS) is 23.7. The Kier molecular flexibility index (Phi) is 7.60. The van der Waals surface area contributed by atoms with E-state index in [0.29, 0.717) is 0 Å². The average molecular weight is 497 g/mol. The van der Waals surface area contributed by atoms with Gasteiger partial charge in [0.1, 0.15) is 0 Å². The van der Waals surface area contributed by atoms with Crippen molar-refractivity contribution in [2.45, 2.75) is 125 Å². The first kappa shape index (κ1) is 23.2. The summed E-state index contributed by atoms with van der Waals surface area (Å²) in [6, 6.07) is 11.6. The van der Waals surface area contributed by atoms with Crippen LogP contribution < -0.4 is 10.6 Å². The fourth-order valence-electron chi connectivity index (χ4n) is 7.65. The van der Waals surface area contributed by atoms with Gasteiger partial charge < -0.3 is 0 Å². The predicted octanol–water partition coefficient (Wildman–Crippen LogP) is 9.40. The molecule has 0 spiro atoms. The zero-order chi connectivity index (χ0) is 22.0. The van der Waals surface area contributed by atoms with Crippen molar-refractivity contribution in [1.82, 2.24) is 0 Å². The van der Waals surface area contributed by atoms with Gasteiger partial charge in [-0.3, -0.25) is 0 Å². The molecule has 4 aliphatic carbocycles. The van der Waals surface area contributed by atoms with Gasteiger partial charge in [-0.25, -0.2) is 0 Å². The van der Waals surface area contributed by atoms with Crippen LogP contribution in [0.25, 0.3) is 10.4 Å². The summed E-state index contributed by atoms with van der Waals surface area (Å²) in [5.74, 6) is 0. The average Bonchev–Trinajstić information content (AvgIpc) is 3.69. The second-order valence-electron chi connectivity index (χ2n) is 11.2. The van der Waals surface area contributed by atoms with Crippen molar-refractivity contribution in [3.8, 4) is 10.4 Å². The molecule has 2 aromatic rings. The van der Waals surface area contributed by atoms with Crippen molar-refractivity contribution < 1.29 is 0 Å². The maximum Gasteiger partial charge on any atom is 0.0426 e. The van der Waals surface area contributed by atoms with E-state index in [1.165, 1.54) is 108 Å². The second-order valence-corrected chi connectivity index (χ2v) is 17.6. The molecule has 0 bridgehead atoms. The smallest absolute Gasteiger partial charge is 0.0426 e. The lowest BCUT2D eigenvalue weighted by molar-refractivity contribution is 0.833. The van der Waals surface area contributed by atoms with Gasteiger partial charge in [-0.1, -0.05) is 97.5 Å². The molecule has 0 saturated heterocycles. The molecule has 0 atom stereocenters. The van der Waals surface area contributed by atoms with Crippen LogP contribution in [0.4, 0.5) is 0 Å². The molecule has 4 fully saturated rings. The van der Waals surface area contributed by atoms with Gasteiger partial charge in [0.25, 0.3) is 0 Å². The highest BCUT2D eigenvalue weighted by atomic mass is 32.1. The predicted molar refractivity (Wildman–Crippen MR) is 152 cm³/mol. The summed E-state index contributed by atoms with van der Waals surface area (Å²) in [7, 11) is -0.00372. The SMILES string of the molecule is c1ccc(-c2scc(P(C3CCCC3)C3CCCC3)c2P(C2CCCC2)C2CCCC2)cc1. The van der Waals surface area contributed by atoms with Crippen LogP contribution in [0.2, 0.25) is 0 Å². The maximum absolute atomic E-state index is 2.75. The van der Waals surface area contributed by atoms with Crippen molar-refractivity contribution in [2.75, 3.05) is 0 Å². The maximum atomic E-state index is 2.75. The number of thiophene rings is 1. The molecule has 0 N–H and O–H groups in total. The molecular formula is C30H42P2S. The Morgan fingerprint density at radius 1 is 0.545 bits per heavy atom. The Morgan fingerprint density at radius 2 is 0.970 bits per heavy atom. The quantitative estimate of drug-likeness (QED) is 0.335. The van der Waals surface area contributed by atoms with Crippen LogP contribution in [0.1, 0.15) is 103 Å². The molecule has 3 heteroatoms. The van der Waals surface area contributed by atoms with Crippen molar-refractivity contribution >= 4 is 37.8 Å². The van der Waals surface area contributed by atoms with E-state index in [0.717, 1.165) is 22.6 Å². The van der Waals surface area contributed by atoms with Gasteiger partial charge in [0.05, 0.1) is 0 Å². The monoisotopic (exact) mass is 496 g/mol. The Morgan fingerprint density at radius 3 is 1.42 bits per heavy atom. The fourth-order valence-corrected chi connectivity index (χ4v) is 17.9. The lowest BCUT2D eigenvalue weighted by atomic mass is 10.2. The van der Waals surface area contributed by atoms with Gasteiger partial charge in [0.15, 0.2) is 0 Å². The van der Waals surface area contributed by atoms with Crippen LogP contribution in [0.15, 0.2) is 35.7 Å². The highest BCUT2D eigenvalue weighted by molar-refractivity contribution is 7.74. The third-order valence-electron chi connectivity index (χ3n) is 9.19. The topological polar surface area (TPSA) is 0 Å². The molecule has 0 aliphatic heterocycles. The van der Waals surface area contributed by atoms with Gasteiger partial charge in [-0.15, -0.1) is 11.3 Å². The molecular weight excluding hydrogens is 454 g/mol. The van der Waals surface area contributed by atoms with Gasteiger partial charge in [0, 0.05) is 10.2 Å². The number of benzene rings is 1. The van der Waals surface area contributed by atoms with Crippen LogP contribution in [-0.4, -0.2) is 22.6 Å². The summed E-state index contributed by atoms with van der Waals surface area (Å²) in [5, 5.41) is 6.68. The molecule has 0 radical (unpaired) electrons. The third-order valence-corrected chi connectivity index (χ3v) is 17.8. The Labute approximate surface area is 208 Å². The van der Waals surface area contributed by atoms with E-state index < -0.39 is 0 Å². The zero-order valence-electron chi connectivity index (χ0n) is 20.4. The standard InChI is InChI=1S/C30H42P2S/c1-2-12-23(13-3-1)30-29(32(26-18-8-9-19-26)27-20-10-11-21-27)28(22-33-30)31(24-14-4-5-15-24)25-16-6-7-17-25/h1-3,12-13,22,24-27H,4-11,14-21H2. The van der Waals surface area contributed by atoms with Crippen LogP contribution in [-0.2, 0) is 0 Å². The summed E-state index contributed by atoms with van der Waals surface area (Å²) >= 11 is 2.15. The van der Waals surface area contributed by atoms with E-state index >= 15 is 0 Å². The molecule has 178 valence electrons. The van der Waals surface area contributed by atoms with Gasteiger partial charge in [0.2, 0.25) is 0 Å². The summed E-state index contributed by atoms with van der Waals surface area (Å²) in [4.78, 5) is 1.71. The van der Waals surface area contributed by atoms with E-state index in [9.17, 15) is 0 Å². The Balaban J connectivity index is 1.49. The summed E-state index contributed by atoms with van der Waals surface area (Å²) in [6.45, 7) is 0. The van der Waals surface area contributed by atoms with E-state index in [1.54, 1.807) is 4.88 Å². The van der Waals surface area contributed by atoms with E-state index in [1.807, 2.05) is 10.6 Å². The lowest BCUT2D eigenvalue weighted by Gasteiger charge is -2.36. The molecule has 4 saturated carbocycles. The molecule has 1 aromatic carbocycles. The van der Waals surface area contributed by atoms with Gasteiger partial charge in [-0.05, 0) is 90.3 Å². The molecule has 0 unspecified atom stereocenters. The van der Waals surface area contributed by atoms with E-state index in [4.69, 9.17) is 0 Å². The molecule has 1 heterocycles. The van der Waals surface area contributed by atoms with Crippen molar-refractivity contribution in [3.05, 3.63) is 35.7 Å². The number of hydrogen-bond acceptors (Lipinski definition) is 1. The van der Waals surface area contributed by atoms with E-state index in [-0.39, 0.29) is 15.8 Å². The van der Waals surface area contributed by atoms with Crippen LogP contribution >= 0.6 is 27.2 Å². The first-order valence-electron chi connectivity index (χ1n) is 14.1. The van der Waals surface area contributed by atoms with Crippen molar-refractivity contribution in [1.29, 1.82) is 0 Å². The highest BCUT2D eigenvalue weighted by Crippen LogP contribution is 2.62. The van der Waals surface area contributed by atoms with Crippen LogP contribution in [0, 0.1) is 0 Å². The Bertz CT molecular complexity index is 849. The van der Waals surface area contributed by atoms with E-state index in [2.05, 4.69) is 47.0 Å². The van der Waals surface area contributed by atoms with Crippen molar-refractivity contribution in [3.63, 3.8) is 0 Å². The molecule has 0 amide bonds. The fraction of sp³-hybridized carbons (Fsp3) is 0.667. The van der Waals surface area contributed by atoms with Crippen LogP contribution in [0.5, 0.6) is 0 Å². The zero-order valence-corrected chi connectivity index (χ0v) is 23.0. The lowest BCUT2D eigenvalue weighted by Crippen LogP contribution is -2.32. The minimum absolute atomic E-state index is 0.0171. The molecule has 33 heavy (non-hydrogen) atoms. The second kappa shape index (κ2) is 10.8. The summed E-state index contributed by atoms with van der Waals surface area (Å²) in [6.07, 6.45) is 24.2. The number of rotatable bonds is 7.